The highest BCUT2D eigenvalue weighted by Crippen LogP contribution is 2.44. The van der Waals surface area contributed by atoms with Crippen LogP contribution in [-0.4, -0.2) is 52.7 Å². The molecule has 0 fully saturated rings. The number of rotatable bonds is 10. The lowest BCUT2D eigenvalue weighted by Gasteiger charge is -2.31. The summed E-state index contributed by atoms with van der Waals surface area (Å²) in [6.07, 6.45) is -3.74. The summed E-state index contributed by atoms with van der Waals surface area (Å²) in [5, 5.41) is 9.59. The molecule has 52 heavy (non-hydrogen) atoms. The summed E-state index contributed by atoms with van der Waals surface area (Å²) in [4.78, 5) is 52.7. The number of methoxy groups -OCH3 is 1. The van der Waals surface area contributed by atoms with Gasteiger partial charge in [-0.2, -0.15) is 18.2 Å². The quantitative estimate of drug-likeness (QED) is 0.0788. The second kappa shape index (κ2) is 14.6. The zero-order valence-corrected chi connectivity index (χ0v) is 27.9. The van der Waals surface area contributed by atoms with Crippen LogP contribution in [0, 0.1) is 18.6 Å². The number of aryl methyl sites for hydroxylation is 1. The van der Waals surface area contributed by atoms with Crippen molar-refractivity contribution in [3.05, 3.63) is 100 Å². The third-order valence-electron chi connectivity index (χ3n) is 7.77. The van der Waals surface area contributed by atoms with Crippen LogP contribution in [-0.2, 0) is 17.8 Å². The second-order valence-corrected chi connectivity index (χ2v) is 12.0. The first-order valence-corrected chi connectivity index (χ1v) is 16.2. The zero-order chi connectivity index (χ0) is 37.2. The van der Waals surface area contributed by atoms with E-state index in [1.165, 1.54) is 26.3 Å². The number of ether oxygens (including phenoxy) is 2. The summed E-state index contributed by atoms with van der Waals surface area (Å²) in [6, 6.07) is 11.7. The number of para-hydroxylation sites is 2. The molecule has 0 saturated heterocycles. The molecule has 3 amide bonds. The van der Waals surface area contributed by atoms with Gasteiger partial charge >= 0.3 is 18.2 Å². The van der Waals surface area contributed by atoms with Gasteiger partial charge in [-0.25, -0.2) is 33.2 Å². The highest BCUT2D eigenvalue weighted by atomic mass is 32.1. The number of alkyl halides is 3. The summed E-state index contributed by atoms with van der Waals surface area (Å²) >= 11 is 1.03. The number of hydrogen-bond donors (Lipinski definition) is 3. The molecule has 0 saturated carbocycles. The molecule has 6 rings (SSSR count). The number of halogens is 5. The second-order valence-electron chi connectivity index (χ2n) is 11.1. The molecule has 0 radical (unpaired) electrons. The van der Waals surface area contributed by atoms with Crippen molar-refractivity contribution in [2.75, 3.05) is 29.2 Å². The average Bonchev–Trinajstić information content (AvgIpc) is 3.62. The first-order chi connectivity index (χ1) is 24.9. The zero-order valence-electron chi connectivity index (χ0n) is 27.1. The van der Waals surface area contributed by atoms with E-state index in [9.17, 15) is 27.6 Å². The predicted octanol–water partition coefficient (Wildman–Crippen LogP) is 6.93. The molecule has 5 aromatic rings. The molecule has 0 spiro atoms. The van der Waals surface area contributed by atoms with Crippen LogP contribution in [0.25, 0.3) is 11.3 Å². The van der Waals surface area contributed by atoms with Crippen molar-refractivity contribution in [2.45, 2.75) is 26.1 Å². The third kappa shape index (κ3) is 7.18. The Kier molecular flexibility index (Phi) is 10.0. The van der Waals surface area contributed by atoms with Crippen molar-refractivity contribution in [3.8, 4) is 22.8 Å². The van der Waals surface area contributed by atoms with Gasteiger partial charge in [0.05, 0.1) is 24.9 Å². The molecule has 2 aromatic heterocycles. The van der Waals surface area contributed by atoms with Crippen LogP contribution in [0.15, 0.2) is 66.2 Å². The number of benzene rings is 3. The van der Waals surface area contributed by atoms with Crippen LogP contribution in [0.3, 0.4) is 0 Å². The van der Waals surface area contributed by atoms with E-state index in [0.717, 1.165) is 41.2 Å². The minimum absolute atomic E-state index is 0.0255. The van der Waals surface area contributed by atoms with Gasteiger partial charge in [-0.1, -0.05) is 30.3 Å². The van der Waals surface area contributed by atoms with Gasteiger partial charge < -0.3 is 20.1 Å². The molecule has 3 N–H and O–H groups in total. The van der Waals surface area contributed by atoms with E-state index in [1.807, 2.05) is 6.07 Å². The number of esters is 1. The molecular weight excluding hydrogens is 713 g/mol. The van der Waals surface area contributed by atoms with Crippen LogP contribution in [0.5, 0.6) is 11.5 Å². The third-order valence-corrected chi connectivity index (χ3v) is 8.46. The lowest BCUT2D eigenvalue weighted by molar-refractivity contribution is -0.189. The first-order valence-electron chi connectivity index (χ1n) is 15.3. The summed E-state index contributed by atoms with van der Waals surface area (Å²) in [6.45, 7) is 1.23. The van der Waals surface area contributed by atoms with E-state index in [2.05, 4.69) is 30.9 Å². The molecule has 3 heterocycles. The fourth-order valence-corrected chi connectivity index (χ4v) is 5.96. The Morgan fingerprint density at radius 2 is 1.79 bits per heavy atom. The van der Waals surface area contributed by atoms with Crippen LogP contribution < -0.4 is 30.3 Å². The van der Waals surface area contributed by atoms with Crippen LogP contribution in [0.2, 0.25) is 0 Å². The normalized spacial score (nSPS) is 12.5. The van der Waals surface area contributed by atoms with Gasteiger partial charge in [-0.15, -0.1) is 11.3 Å². The van der Waals surface area contributed by atoms with Gasteiger partial charge in [0.1, 0.15) is 23.1 Å². The lowest BCUT2D eigenvalue weighted by Crippen LogP contribution is -2.43. The maximum absolute atomic E-state index is 15.2. The maximum Gasteiger partial charge on any atom is 0.491 e. The van der Waals surface area contributed by atoms with Gasteiger partial charge in [-0.05, 0) is 48.7 Å². The van der Waals surface area contributed by atoms with E-state index in [4.69, 9.17) is 9.47 Å². The van der Waals surface area contributed by atoms with Crippen LogP contribution in [0.1, 0.15) is 27.0 Å². The van der Waals surface area contributed by atoms with Gasteiger partial charge in [0.15, 0.2) is 16.7 Å². The van der Waals surface area contributed by atoms with E-state index in [-0.39, 0.29) is 52.4 Å². The number of hydrogen-bond acceptors (Lipinski definition) is 10. The Bertz CT molecular complexity index is 2160. The summed E-state index contributed by atoms with van der Waals surface area (Å²) in [5.74, 6) is -6.62. The lowest BCUT2D eigenvalue weighted by atomic mass is 9.96. The molecular formula is C34H26F5N7O5S. The minimum Gasteiger partial charge on any atom is -0.496 e. The standard InChI is InChI=1S/C34H26F5N7O5S/c1-17-10-11-19(29(47)45-32-41-14-15-52-32)27(51-30(48)34(37,38)39)24(17)25-20-16-42-33(49)46(26-21(35)7-5-8-22(26)36)28(20)44-31(43-25)40-13-12-18-6-3-4-9-23(18)50-2/h3-11,14-15H,12-13,16H2,1-2H3,(H,42,49)(H,40,43,44)(H,41,45,47). The Morgan fingerprint density at radius 1 is 1.04 bits per heavy atom. The number of anilines is 4. The molecule has 0 bridgehead atoms. The molecule has 0 atom stereocenters. The number of carbonyl (C=O) groups is 3. The van der Waals surface area contributed by atoms with E-state index in [1.54, 1.807) is 23.6 Å². The number of nitrogens with one attached hydrogen (secondary N) is 3. The topological polar surface area (TPSA) is 148 Å². The van der Waals surface area contributed by atoms with Gasteiger partial charge in [0, 0.05) is 29.2 Å². The minimum atomic E-state index is -5.48. The number of urea groups is 1. The maximum atomic E-state index is 15.2. The highest BCUT2D eigenvalue weighted by Gasteiger charge is 2.43. The Balaban J connectivity index is 1.56. The highest BCUT2D eigenvalue weighted by molar-refractivity contribution is 7.13. The molecule has 3 aromatic carbocycles. The van der Waals surface area contributed by atoms with E-state index < -0.39 is 52.7 Å². The molecule has 0 unspecified atom stereocenters. The van der Waals surface area contributed by atoms with Crippen LogP contribution >= 0.6 is 11.3 Å². The molecule has 18 heteroatoms. The number of nitrogens with zero attached hydrogens (tertiary/aromatic N) is 4. The van der Waals surface area contributed by atoms with Crippen molar-refractivity contribution in [1.82, 2.24) is 20.3 Å². The summed E-state index contributed by atoms with van der Waals surface area (Å²) < 4.78 is 81.8. The Labute approximate surface area is 295 Å². The van der Waals surface area contributed by atoms with Gasteiger partial charge in [0.25, 0.3) is 5.91 Å². The van der Waals surface area contributed by atoms with E-state index in [0.29, 0.717) is 17.1 Å². The van der Waals surface area contributed by atoms with Crippen molar-refractivity contribution >= 4 is 51.8 Å². The van der Waals surface area contributed by atoms with Gasteiger partial charge in [0.2, 0.25) is 5.95 Å². The molecule has 268 valence electrons. The number of amides is 3. The fourth-order valence-electron chi connectivity index (χ4n) is 5.43. The number of thiazole rings is 1. The fraction of sp³-hybridized carbons (Fsp3) is 0.176. The molecule has 0 aliphatic carbocycles. The van der Waals surface area contributed by atoms with Crippen molar-refractivity contribution < 1.29 is 45.8 Å². The first kappa shape index (κ1) is 35.6. The largest absolute Gasteiger partial charge is 0.496 e. The SMILES string of the molecule is COc1ccccc1CCNc1nc(-c2c(C)ccc(C(=O)Nc3nccs3)c2OC(=O)C(F)(F)F)c2c(n1)N(c1c(F)cccc1F)C(=O)NC2. The molecule has 12 nitrogen and oxygen atoms in total. The average molecular weight is 740 g/mol. The van der Waals surface area contributed by atoms with Crippen molar-refractivity contribution in [1.29, 1.82) is 0 Å². The van der Waals surface area contributed by atoms with Crippen molar-refractivity contribution in [2.24, 2.45) is 0 Å². The molecule has 1 aliphatic heterocycles. The number of aromatic nitrogens is 3. The predicted molar refractivity (Wildman–Crippen MR) is 180 cm³/mol. The Hall–Kier alpha value is -6.17. The Morgan fingerprint density at radius 3 is 2.48 bits per heavy atom. The van der Waals surface area contributed by atoms with E-state index >= 15 is 8.78 Å². The monoisotopic (exact) mass is 739 g/mol. The number of fused-ring (bicyclic) bond motifs is 1. The van der Waals surface area contributed by atoms with Crippen molar-refractivity contribution in [3.63, 3.8) is 0 Å². The molecule has 1 aliphatic rings. The summed E-state index contributed by atoms with van der Waals surface area (Å²) in [7, 11) is 1.50. The summed E-state index contributed by atoms with van der Waals surface area (Å²) in [5.41, 5.74) is -0.814. The van der Waals surface area contributed by atoms with Gasteiger partial charge in [-0.3, -0.25) is 10.1 Å². The smallest absolute Gasteiger partial charge is 0.491 e. The van der Waals surface area contributed by atoms with Crippen LogP contribution in [0.4, 0.5) is 49.3 Å². The number of carbonyl (C=O) groups excluding carboxylic acids is 3.